The summed E-state index contributed by atoms with van der Waals surface area (Å²) in [6, 6.07) is 5.78. The van der Waals surface area contributed by atoms with E-state index in [4.69, 9.17) is 24.4 Å². The van der Waals surface area contributed by atoms with Crippen molar-refractivity contribution in [1.82, 2.24) is 0 Å². The van der Waals surface area contributed by atoms with Crippen molar-refractivity contribution < 1.29 is 43.4 Å². The van der Waals surface area contributed by atoms with Crippen LogP contribution in [0.4, 0.5) is 0 Å². The predicted molar refractivity (Wildman–Crippen MR) is 129 cm³/mol. The normalized spacial score (nSPS) is 24.6. The molecule has 9 nitrogen and oxygen atoms in total. The number of carboxylic acid groups (broad SMARTS) is 1. The predicted octanol–water partition coefficient (Wildman–Crippen LogP) is 3.72. The average molecular weight is 515 g/mol. The van der Waals surface area contributed by atoms with E-state index in [-0.39, 0.29) is 31.8 Å². The van der Waals surface area contributed by atoms with E-state index in [2.05, 4.69) is 17.5 Å². The Balaban J connectivity index is 1.59. The lowest BCUT2D eigenvalue weighted by Crippen LogP contribution is -2.28. The number of aliphatic hydroxyl groups excluding tert-OH is 1. The van der Waals surface area contributed by atoms with Gasteiger partial charge in [0.1, 0.15) is 5.75 Å². The minimum atomic E-state index is -4.50. The van der Waals surface area contributed by atoms with E-state index in [1.54, 1.807) is 0 Å². The Morgan fingerprint density at radius 3 is 2.69 bits per heavy atom. The molecule has 2 aliphatic carbocycles. The first kappa shape index (κ1) is 28.1. The number of rotatable bonds is 15. The first-order chi connectivity index (χ1) is 16.7. The van der Waals surface area contributed by atoms with Crippen LogP contribution < -0.4 is 4.74 Å². The van der Waals surface area contributed by atoms with Gasteiger partial charge >= 0.3 is 13.8 Å². The van der Waals surface area contributed by atoms with Gasteiger partial charge in [0.2, 0.25) is 0 Å². The molecule has 2 aliphatic rings. The third-order valence-corrected chi connectivity index (χ3v) is 7.86. The summed E-state index contributed by atoms with van der Waals surface area (Å²) in [6.45, 7) is 1.73. The van der Waals surface area contributed by atoms with Gasteiger partial charge in [-0.1, -0.05) is 38.3 Å². The van der Waals surface area contributed by atoms with Crippen LogP contribution in [0.2, 0.25) is 0 Å². The molecule has 0 unspecified atom stereocenters. The molecule has 0 aromatic heterocycles. The molecule has 5 atom stereocenters. The van der Waals surface area contributed by atoms with Crippen LogP contribution in [-0.4, -0.2) is 58.0 Å². The minimum absolute atomic E-state index is 0.0416. The zero-order valence-electron chi connectivity index (χ0n) is 20.4. The van der Waals surface area contributed by atoms with E-state index in [0.717, 1.165) is 63.4 Å². The molecule has 4 N–H and O–H groups in total. The molecule has 0 spiro atoms. The topological polar surface area (TPSA) is 143 Å². The van der Waals surface area contributed by atoms with Crippen LogP contribution in [0.15, 0.2) is 18.2 Å². The first-order valence-corrected chi connectivity index (χ1v) is 14.2. The number of hydrogen-bond donors (Lipinski definition) is 4. The highest BCUT2D eigenvalue weighted by molar-refractivity contribution is 7.46. The Morgan fingerprint density at radius 1 is 1.17 bits per heavy atom. The van der Waals surface area contributed by atoms with Crippen LogP contribution in [0.1, 0.15) is 63.0 Å². The number of aliphatic hydroxyl groups is 1. The van der Waals surface area contributed by atoms with Gasteiger partial charge in [0.05, 0.1) is 25.4 Å². The van der Waals surface area contributed by atoms with E-state index in [1.165, 1.54) is 5.56 Å². The maximum absolute atomic E-state index is 10.9. The Kier molecular flexibility index (Phi) is 10.6. The molecule has 35 heavy (non-hydrogen) atoms. The van der Waals surface area contributed by atoms with E-state index < -0.39 is 19.9 Å². The molecule has 1 saturated carbocycles. The van der Waals surface area contributed by atoms with Crippen molar-refractivity contribution in [2.24, 2.45) is 17.8 Å². The van der Waals surface area contributed by atoms with Gasteiger partial charge in [-0.25, -0.2) is 9.36 Å². The zero-order valence-corrected chi connectivity index (χ0v) is 21.3. The Labute approximate surface area is 207 Å². The second-order valence-corrected chi connectivity index (χ2v) is 11.0. The van der Waals surface area contributed by atoms with Gasteiger partial charge in [0.25, 0.3) is 0 Å². The van der Waals surface area contributed by atoms with Crippen molar-refractivity contribution in [3.05, 3.63) is 29.3 Å². The number of carbonyl (C=O) groups is 1. The number of unbranched alkanes of at least 4 members (excludes halogenated alkanes) is 2. The molecule has 0 bridgehead atoms. The fourth-order valence-corrected chi connectivity index (χ4v) is 6.07. The molecule has 10 heteroatoms. The van der Waals surface area contributed by atoms with E-state index in [1.807, 2.05) is 12.1 Å². The lowest BCUT2D eigenvalue weighted by atomic mass is 9.73. The van der Waals surface area contributed by atoms with Gasteiger partial charge in [-0.15, -0.1) is 0 Å². The standard InChI is InChI=1S/C25H39O9P/c1-2-3-4-7-19(32-11-12-34-35(29,30)31)9-10-20-21-13-17-6-5-8-24(33-16-25(27)28)22(17)14-18(21)15-23(20)26/h5-6,8,18-21,23,26H,2-4,7,9-16H2,1H3,(H,27,28)(H2,29,30,31)/t18-,19-,20+,21-,23+/m0/s1. The molecule has 0 amide bonds. The average Bonchev–Trinajstić information content (AvgIpc) is 3.10. The monoisotopic (exact) mass is 514 g/mol. The van der Waals surface area contributed by atoms with Gasteiger partial charge in [-0.2, -0.15) is 0 Å². The summed E-state index contributed by atoms with van der Waals surface area (Å²) in [5, 5.41) is 19.9. The Bertz CT molecular complexity index is 870. The maximum atomic E-state index is 10.9. The summed E-state index contributed by atoms with van der Waals surface area (Å²) in [5.41, 5.74) is 2.23. The van der Waals surface area contributed by atoms with Gasteiger partial charge in [0, 0.05) is 0 Å². The second-order valence-electron chi connectivity index (χ2n) is 9.77. The lowest BCUT2D eigenvalue weighted by Gasteiger charge is -2.33. The minimum Gasteiger partial charge on any atom is -0.482 e. The van der Waals surface area contributed by atoms with Crippen LogP contribution >= 0.6 is 7.82 Å². The summed E-state index contributed by atoms with van der Waals surface area (Å²) < 4.78 is 26.8. The number of benzene rings is 1. The van der Waals surface area contributed by atoms with Crippen LogP contribution in [0.3, 0.4) is 0 Å². The van der Waals surface area contributed by atoms with Gasteiger partial charge in [0.15, 0.2) is 6.61 Å². The molecule has 198 valence electrons. The molecule has 0 radical (unpaired) electrons. The van der Waals surface area contributed by atoms with Gasteiger partial charge < -0.3 is 29.5 Å². The molecule has 1 aromatic rings. The molecule has 0 heterocycles. The third-order valence-electron chi connectivity index (χ3n) is 7.35. The quantitative estimate of drug-likeness (QED) is 0.203. The van der Waals surface area contributed by atoms with Crippen LogP contribution in [-0.2, 0) is 31.5 Å². The van der Waals surface area contributed by atoms with Gasteiger partial charge in [-0.3, -0.25) is 4.52 Å². The molecule has 3 rings (SSSR count). The Morgan fingerprint density at radius 2 is 1.97 bits per heavy atom. The van der Waals surface area contributed by atoms with Crippen LogP contribution in [0.25, 0.3) is 0 Å². The number of aliphatic carboxylic acids is 1. The van der Waals surface area contributed by atoms with Crippen LogP contribution in [0, 0.1) is 17.8 Å². The number of phosphoric ester groups is 1. The zero-order chi connectivity index (χ0) is 25.4. The summed E-state index contributed by atoms with van der Waals surface area (Å²) >= 11 is 0. The van der Waals surface area contributed by atoms with E-state index in [0.29, 0.717) is 17.6 Å². The molecule has 1 aromatic carbocycles. The lowest BCUT2D eigenvalue weighted by molar-refractivity contribution is -0.139. The highest BCUT2D eigenvalue weighted by Crippen LogP contribution is 2.48. The van der Waals surface area contributed by atoms with E-state index in [9.17, 15) is 14.5 Å². The summed E-state index contributed by atoms with van der Waals surface area (Å²) in [5.74, 6) is 0.454. The van der Waals surface area contributed by atoms with E-state index >= 15 is 0 Å². The van der Waals surface area contributed by atoms with Gasteiger partial charge in [-0.05, 0) is 73.5 Å². The van der Waals surface area contributed by atoms with Crippen molar-refractivity contribution in [1.29, 1.82) is 0 Å². The highest BCUT2D eigenvalue weighted by atomic mass is 31.2. The summed E-state index contributed by atoms with van der Waals surface area (Å²) in [6.07, 6.45) is 7.58. The number of hydrogen-bond acceptors (Lipinski definition) is 6. The first-order valence-electron chi connectivity index (χ1n) is 12.6. The molecule has 1 fully saturated rings. The highest BCUT2D eigenvalue weighted by Gasteiger charge is 2.45. The van der Waals surface area contributed by atoms with Crippen molar-refractivity contribution >= 4 is 13.8 Å². The largest absolute Gasteiger partial charge is 0.482 e. The van der Waals surface area contributed by atoms with Crippen molar-refractivity contribution in [3.8, 4) is 5.75 Å². The smallest absolute Gasteiger partial charge is 0.469 e. The van der Waals surface area contributed by atoms with Crippen molar-refractivity contribution in [2.75, 3.05) is 19.8 Å². The second kappa shape index (κ2) is 13.2. The number of carboxylic acids is 1. The number of ether oxygens (including phenoxy) is 2. The fourth-order valence-electron chi connectivity index (χ4n) is 5.76. The number of phosphoric acid groups is 1. The molecular formula is C25H39O9P. The molecule has 0 aliphatic heterocycles. The fraction of sp³-hybridized carbons (Fsp3) is 0.720. The van der Waals surface area contributed by atoms with Crippen molar-refractivity contribution in [3.63, 3.8) is 0 Å². The summed E-state index contributed by atoms with van der Waals surface area (Å²) in [4.78, 5) is 28.6. The summed E-state index contributed by atoms with van der Waals surface area (Å²) in [7, 11) is -4.50. The molecule has 0 saturated heterocycles. The number of fused-ring (bicyclic) bond motifs is 2. The maximum Gasteiger partial charge on any atom is 0.469 e. The SMILES string of the molecule is CCCCC[C@@H](CC[C@@H]1[C@H]2Cc3cccc(OCC(=O)O)c3C[C@H]2C[C@H]1O)OCCOP(=O)(O)O. The molecular weight excluding hydrogens is 475 g/mol. The van der Waals surface area contributed by atoms with Crippen molar-refractivity contribution in [2.45, 2.75) is 76.9 Å². The third kappa shape index (κ3) is 8.55. The van der Waals surface area contributed by atoms with Crippen LogP contribution in [0.5, 0.6) is 5.75 Å². The Hall–Kier alpha value is -1.48.